The smallest absolute Gasteiger partial charge is 0.185 e. The number of allylic oxidation sites excluding steroid dienone is 1. The first-order chi connectivity index (χ1) is 9.19. The molecular formula is C16H14O3. The zero-order chi connectivity index (χ0) is 13.7. The third-order valence-electron chi connectivity index (χ3n) is 2.67. The number of phenolic OH excluding ortho intramolecular Hbond substituents is 1. The Morgan fingerprint density at radius 1 is 1.16 bits per heavy atom. The van der Waals surface area contributed by atoms with Crippen molar-refractivity contribution in [3.63, 3.8) is 0 Å². The second-order valence-corrected chi connectivity index (χ2v) is 4.02. The molecular weight excluding hydrogens is 240 g/mol. The highest BCUT2D eigenvalue weighted by Crippen LogP contribution is 2.15. The molecule has 0 saturated heterocycles. The van der Waals surface area contributed by atoms with Crippen molar-refractivity contribution in [3.8, 4) is 11.5 Å². The zero-order valence-corrected chi connectivity index (χ0v) is 10.5. The van der Waals surface area contributed by atoms with E-state index in [0.29, 0.717) is 5.56 Å². The van der Waals surface area contributed by atoms with E-state index in [4.69, 9.17) is 9.84 Å². The second kappa shape index (κ2) is 5.87. The van der Waals surface area contributed by atoms with Gasteiger partial charge in [-0.1, -0.05) is 18.2 Å². The topological polar surface area (TPSA) is 46.5 Å². The van der Waals surface area contributed by atoms with Gasteiger partial charge in [0.05, 0.1) is 7.11 Å². The van der Waals surface area contributed by atoms with Crippen LogP contribution in [0.2, 0.25) is 0 Å². The monoisotopic (exact) mass is 254 g/mol. The summed E-state index contributed by atoms with van der Waals surface area (Å²) in [6.07, 6.45) is 3.23. The highest BCUT2D eigenvalue weighted by Gasteiger charge is 2.01. The first-order valence-corrected chi connectivity index (χ1v) is 5.84. The predicted octanol–water partition coefficient (Wildman–Crippen LogP) is 3.30. The lowest BCUT2D eigenvalue weighted by Gasteiger charge is -2.00. The Labute approximate surface area is 111 Å². The van der Waals surface area contributed by atoms with E-state index < -0.39 is 0 Å². The molecule has 0 aliphatic carbocycles. The van der Waals surface area contributed by atoms with Crippen LogP contribution in [0.1, 0.15) is 15.9 Å². The maximum Gasteiger partial charge on any atom is 0.185 e. The molecule has 2 rings (SSSR count). The molecule has 0 radical (unpaired) electrons. The zero-order valence-electron chi connectivity index (χ0n) is 10.5. The standard InChI is InChI=1S/C16H14O3/c1-19-15-4-2-3-12(11-15)5-10-16(18)13-6-8-14(17)9-7-13/h2-11,17H,1H3. The number of hydrogen-bond donors (Lipinski definition) is 1. The highest BCUT2D eigenvalue weighted by atomic mass is 16.5. The fraction of sp³-hybridized carbons (Fsp3) is 0.0625. The minimum absolute atomic E-state index is 0.109. The van der Waals surface area contributed by atoms with Crippen LogP contribution in [-0.4, -0.2) is 18.0 Å². The number of ketones is 1. The summed E-state index contributed by atoms with van der Waals surface area (Å²) in [5, 5.41) is 9.16. The molecule has 0 unspecified atom stereocenters. The van der Waals surface area contributed by atoms with E-state index in [9.17, 15) is 4.79 Å². The van der Waals surface area contributed by atoms with Crippen LogP contribution in [0.25, 0.3) is 6.08 Å². The van der Waals surface area contributed by atoms with Crippen molar-refractivity contribution in [1.82, 2.24) is 0 Å². The average molecular weight is 254 g/mol. The maximum atomic E-state index is 11.9. The number of aromatic hydroxyl groups is 1. The molecule has 0 amide bonds. The van der Waals surface area contributed by atoms with Crippen molar-refractivity contribution in [2.24, 2.45) is 0 Å². The molecule has 96 valence electrons. The van der Waals surface area contributed by atoms with Gasteiger partial charge in [-0.3, -0.25) is 4.79 Å². The lowest BCUT2D eigenvalue weighted by Crippen LogP contribution is -1.93. The Hall–Kier alpha value is -2.55. The van der Waals surface area contributed by atoms with Gasteiger partial charge in [0, 0.05) is 5.56 Å². The number of methoxy groups -OCH3 is 1. The number of phenols is 1. The van der Waals surface area contributed by atoms with Crippen LogP contribution in [0, 0.1) is 0 Å². The Morgan fingerprint density at radius 3 is 2.58 bits per heavy atom. The van der Waals surface area contributed by atoms with Crippen LogP contribution in [0.3, 0.4) is 0 Å². The summed E-state index contributed by atoms with van der Waals surface area (Å²) in [5.74, 6) is 0.787. The minimum Gasteiger partial charge on any atom is -0.508 e. The highest BCUT2D eigenvalue weighted by molar-refractivity contribution is 6.06. The average Bonchev–Trinajstić information content (AvgIpc) is 2.46. The largest absolute Gasteiger partial charge is 0.508 e. The van der Waals surface area contributed by atoms with Crippen molar-refractivity contribution in [1.29, 1.82) is 0 Å². The summed E-state index contributed by atoms with van der Waals surface area (Å²) < 4.78 is 5.11. The van der Waals surface area contributed by atoms with Crippen LogP contribution < -0.4 is 4.74 Å². The first kappa shape index (κ1) is 12.9. The van der Waals surface area contributed by atoms with E-state index in [1.165, 1.54) is 18.2 Å². The van der Waals surface area contributed by atoms with Crippen LogP contribution >= 0.6 is 0 Å². The lowest BCUT2D eigenvalue weighted by atomic mass is 10.1. The summed E-state index contributed by atoms with van der Waals surface area (Å²) in [4.78, 5) is 11.9. The molecule has 0 spiro atoms. The van der Waals surface area contributed by atoms with Gasteiger partial charge in [-0.05, 0) is 48.0 Å². The van der Waals surface area contributed by atoms with E-state index >= 15 is 0 Å². The number of rotatable bonds is 4. The number of carbonyl (C=O) groups is 1. The molecule has 0 atom stereocenters. The fourth-order valence-corrected chi connectivity index (χ4v) is 1.64. The van der Waals surface area contributed by atoms with Gasteiger partial charge >= 0.3 is 0 Å². The molecule has 2 aromatic rings. The molecule has 0 fully saturated rings. The summed E-state index contributed by atoms with van der Waals surface area (Å²) in [6, 6.07) is 13.6. The van der Waals surface area contributed by atoms with Gasteiger partial charge in [0.2, 0.25) is 0 Å². The number of ether oxygens (including phenoxy) is 1. The van der Waals surface area contributed by atoms with Gasteiger partial charge in [-0.15, -0.1) is 0 Å². The maximum absolute atomic E-state index is 11.9. The molecule has 19 heavy (non-hydrogen) atoms. The van der Waals surface area contributed by atoms with Crippen LogP contribution in [0.15, 0.2) is 54.6 Å². The molecule has 0 bridgehead atoms. The third-order valence-corrected chi connectivity index (χ3v) is 2.67. The van der Waals surface area contributed by atoms with Gasteiger partial charge in [-0.2, -0.15) is 0 Å². The molecule has 0 heterocycles. The van der Waals surface area contributed by atoms with E-state index in [-0.39, 0.29) is 11.5 Å². The van der Waals surface area contributed by atoms with Gasteiger partial charge in [0.1, 0.15) is 11.5 Å². The molecule has 1 N–H and O–H groups in total. The lowest BCUT2D eigenvalue weighted by molar-refractivity contribution is 0.104. The molecule has 3 heteroatoms. The molecule has 0 saturated carbocycles. The van der Waals surface area contributed by atoms with Gasteiger partial charge in [0.15, 0.2) is 5.78 Å². The van der Waals surface area contributed by atoms with Gasteiger partial charge < -0.3 is 9.84 Å². The van der Waals surface area contributed by atoms with Crippen LogP contribution in [0.5, 0.6) is 11.5 Å². The normalized spacial score (nSPS) is 10.6. The molecule has 0 aromatic heterocycles. The van der Waals surface area contributed by atoms with E-state index in [0.717, 1.165) is 11.3 Å². The molecule has 0 aliphatic rings. The Balaban J connectivity index is 2.13. The number of benzene rings is 2. The molecule has 0 aliphatic heterocycles. The second-order valence-electron chi connectivity index (χ2n) is 4.02. The van der Waals surface area contributed by atoms with E-state index in [1.807, 2.05) is 24.3 Å². The quantitative estimate of drug-likeness (QED) is 0.672. The van der Waals surface area contributed by atoms with Crippen molar-refractivity contribution in [2.45, 2.75) is 0 Å². The molecule has 3 nitrogen and oxygen atoms in total. The van der Waals surface area contributed by atoms with Crippen molar-refractivity contribution in [3.05, 3.63) is 65.7 Å². The Bertz CT molecular complexity index is 598. The summed E-state index contributed by atoms with van der Waals surface area (Å²) in [5.41, 5.74) is 1.43. The Morgan fingerprint density at radius 2 is 1.89 bits per heavy atom. The van der Waals surface area contributed by atoms with Gasteiger partial charge in [0.25, 0.3) is 0 Å². The minimum atomic E-state index is -0.109. The summed E-state index contributed by atoms with van der Waals surface area (Å²) >= 11 is 0. The van der Waals surface area contributed by atoms with Crippen molar-refractivity contribution >= 4 is 11.9 Å². The van der Waals surface area contributed by atoms with Crippen LogP contribution in [-0.2, 0) is 0 Å². The van der Waals surface area contributed by atoms with Crippen LogP contribution in [0.4, 0.5) is 0 Å². The number of hydrogen-bond acceptors (Lipinski definition) is 3. The van der Waals surface area contributed by atoms with E-state index in [1.54, 1.807) is 25.3 Å². The summed E-state index contributed by atoms with van der Waals surface area (Å²) in [7, 11) is 1.60. The summed E-state index contributed by atoms with van der Waals surface area (Å²) in [6.45, 7) is 0. The fourth-order valence-electron chi connectivity index (χ4n) is 1.64. The first-order valence-electron chi connectivity index (χ1n) is 5.84. The Kier molecular flexibility index (Phi) is 3.98. The number of carbonyl (C=O) groups excluding carboxylic acids is 1. The van der Waals surface area contributed by atoms with E-state index in [2.05, 4.69) is 0 Å². The molecule has 2 aromatic carbocycles. The van der Waals surface area contributed by atoms with Crippen molar-refractivity contribution < 1.29 is 14.6 Å². The van der Waals surface area contributed by atoms with Crippen molar-refractivity contribution in [2.75, 3.05) is 7.11 Å². The SMILES string of the molecule is COc1cccc(C=CC(=O)c2ccc(O)cc2)c1. The third kappa shape index (κ3) is 3.45. The predicted molar refractivity (Wildman–Crippen MR) is 74.5 cm³/mol. The van der Waals surface area contributed by atoms with Gasteiger partial charge in [-0.25, -0.2) is 0 Å².